The normalized spacial score (nSPS) is 14.8. The molecular weight excluding hydrogens is 434 g/mol. The molecule has 1 aliphatic heterocycles. The molecular formula is C28H31N7. The molecule has 3 N–H and O–H groups in total. The van der Waals surface area contributed by atoms with Crippen LogP contribution in [0.25, 0.3) is 0 Å². The van der Waals surface area contributed by atoms with Crippen LogP contribution in [-0.2, 0) is 6.54 Å². The zero-order chi connectivity index (χ0) is 24.0. The van der Waals surface area contributed by atoms with Crippen molar-refractivity contribution < 1.29 is 0 Å². The summed E-state index contributed by atoms with van der Waals surface area (Å²) in [5.74, 6) is 1.40. The number of para-hydroxylation sites is 1. The van der Waals surface area contributed by atoms with Gasteiger partial charge in [-0.3, -0.25) is 9.80 Å². The second kappa shape index (κ2) is 10.6. The summed E-state index contributed by atoms with van der Waals surface area (Å²) in [4.78, 5) is 18.3. The van der Waals surface area contributed by atoms with Gasteiger partial charge in [0.15, 0.2) is 0 Å². The molecule has 178 valence electrons. The molecule has 5 rings (SSSR count). The second-order valence-electron chi connectivity index (χ2n) is 8.91. The van der Waals surface area contributed by atoms with E-state index in [9.17, 15) is 0 Å². The Hall–Kier alpha value is -3.81. The van der Waals surface area contributed by atoms with E-state index >= 15 is 0 Å². The molecule has 2 heterocycles. The predicted octanol–water partition coefficient (Wildman–Crippen LogP) is 4.41. The molecule has 7 heteroatoms. The summed E-state index contributed by atoms with van der Waals surface area (Å²) < 4.78 is 0. The Labute approximate surface area is 206 Å². The molecule has 0 radical (unpaired) electrons. The number of rotatable bonds is 7. The molecule has 1 aromatic heterocycles. The molecule has 0 bridgehead atoms. The van der Waals surface area contributed by atoms with Crippen LogP contribution in [-0.4, -0.2) is 50.9 Å². The number of nitrogens with one attached hydrogen (secondary N) is 1. The Morgan fingerprint density at radius 1 is 0.771 bits per heavy atom. The van der Waals surface area contributed by atoms with E-state index in [0.29, 0.717) is 18.3 Å². The summed E-state index contributed by atoms with van der Waals surface area (Å²) in [5, 5.41) is 3.28. The van der Waals surface area contributed by atoms with E-state index < -0.39 is 0 Å². The van der Waals surface area contributed by atoms with Crippen molar-refractivity contribution in [1.29, 1.82) is 0 Å². The van der Waals surface area contributed by atoms with Gasteiger partial charge in [-0.1, -0.05) is 78.9 Å². The standard InChI is InChI=1S/C28H31N7/c1-21-10-8-9-15-24(21)30-28-32-25(31-27(29)33-28)20-34-16-18-35(19-17-34)26(22-11-4-2-5-12-22)23-13-6-3-7-14-23/h2-15,26H,16-20H2,1H3,(H3,29,30,31,32,33). The number of hydrogen-bond donors (Lipinski definition) is 2. The number of nitrogens with zero attached hydrogens (tertiary/aromatic N) is 5. The van der Waals surface area contributed by atoms with E-state index in [2.05, 4.69) is 90.7 Å². The largest absolute Gasteiger partial charge is 0.368 e. The van der Waals surface area contributed by atoms with E-state index in [1.807, 2.05) is 31.2 Å². The lowest BCUT2D eigenvalue weighted by Crippen LogP contribution is -2.47. The van der Waals surface area contributed by atoms with Gasteiger partial charge in [0.05, 0.1) is 12.6 Å². The first-order valence-electron chi connectivity index (χ1n) is 12.0. The molecule has 1 fully saturated rings. The summed E-state index contributed by atoms with van der Waals surface area (Å²) in [6.45, 7) is 6.48. The SMILES string of the molecule is Cc1ccccc1Nc1nc(N)nc(CN2CCN(C(c3ccccc3)c3ccccc3)CC2)n1. The Bertz CT molecular complexity index is 1200. The van der Waals surface area contributed by atoms with Crippen LogP contribution in [0.4, 0.5) is 17.6 Å². The van der Waals surface area contributed by atoms with E-state index in [1.54, 1.807) is 0 Å². The van der Waals surface area contributed by atoms with E-state index in [4.69, 9.17) is 5.73 Å². The molecule has 35 heavy (non-hydrogen) atoms. The Kier molecular flexibility index (Phi) is 6.97. The third-order valence-corrected chi connectivity index (χ3v) is 6.46. The van der Waals surface area contributed by atoms with Crippen LogP contribution in [0.2, 0.25) is 0 Å². The Balaban J connectivity index is 1.27. The summed E-state index contributed by atoms with van der Waals surface area (Å²) in [5.41, 5.74) is 10.7. The monoisotopic (exact) mass is 465 g/mol. The van der Waals surface area contributed by atoms with Gasteiger partial charge in [0.1, 0.15) is 5.82 Å². The maximum Gasteiger partial charge on any atom is 0.232 e. The summed E-state index contributed by atoms with van der Waals surface area (Å²) in [6.07, 6.45) is 0. The first kappa shape index (κ1) is 23.0. The van der Waals surface area contributed by atoms with Gasteiger partial charge in [-0.2, -0.15) is 15.0 Å². The highest BCUT2D eigenvalue weighted by atomic mass is 15.3. The number of aryl methyl sites for hydroxylation is 1. The van der Waals surface area contributed by atoms with Gasteiger partial charge in [0.2, 0.25) is 11.9 Å². The highest BCUT2D eigenvalue weighted by Gasteiger charge is 2.26. The third kappa shape index (κ3) is 5.65. The van der Waals surface area contributed by atoms with Crippen molar-refractivity contribution in [2.24, 2.45) is 0 Å². The van der Waals surface area contributed by atoms with Crippen LogP contribution < -0.4 is 11.1 Å². The molecule has 0 amide bonds. The molecule has 0 aliphatic carbocycles. The van der Waals surface area contributed by atoms with Crippen molar-refractivity contribution >= 4 is 17.6 Å². The summed E-state index contributed by atoms with van der Waals surface area (Å²) >= 11 is 0. The topological polar surface area (TPSA) is 83.2 Å². The fourth-order valence-corrected chi connectivity index (χ4v) is 4.66. The minimum absolute atomic E-state index is 0.234. The maximum atomic E-state index is 6.02. The number of benzene rings is 3. The number of nitrogens with two attached hydrogens (primary N) is 1. The number of nitrogen functional groups attached to an aromatic ring is 1. The minimum atomic E-state index is 0.234. The first-order valence-corrected chi connectivity index (χ1v) is 12.0. The van der Waals surface area contributed by atoms with Crippen LogP contribution >= 0.6 is 0 Å². The van der Waals surface area contributed by atoms with Gasteiger partial charge in [-0.05, 0) is 29.7 Å². The highest BCUT2D eigenvalue weighted by Crippen LogP contribution is 2.29. The van der Waals surface area contributed by atoms with Crippen molar-refractivity contribution in [1.82, 2.24) is 24.8 Å². The Morgan fingerprint density at radius 2 is 1.37 bits per heavy atom. The van der Waals surface area contributed by atoms with Gasteiger partial charge in [0, 0.05) is 31.9 Å². The van der Waals surface area contributed by atoms with E-state index in [-0.39, 0.29) is 12.0 Å². The third-order valence-electron chi connectivity index (χ3n) is 6.46. The second-order valence-corrected chi connectivity index (χ2v) is 8.91. The Morgan fingerprint density at radius 3 is 2.00 bits per heavy atom. The van der Waals surface area contributed by atoms with Crippen LogP contribution in [0, 0.1) is 6.92 Å². The first-order chi connectivity index (χ1) is 17.2. The highest BCUT2D eigenvalue weighted by molar-refractivity contribution is 5.58. The van der Waals surface area contributed by atoms with Gasteiger partial charge in [-0.15, -0.1) is 0 Å². The van der Waals surface area contributed by atoms with Crippen molar-refractivity contribution in [3.63, 3.8) is 0 Å². The van der Waals surface area contributed by atoms with Crippen LogP contribution in [0.15, 0.2) is 84.9 Å². The molecule has 4 aromatic rings. The van der Waals surface area contributed by atoms with Crippen molar-refractivity contribution in [2.45, 2.75) is 19.5 Å². The number of aromatic nitrogens is 3. The van der Waals surface area contributed by atoms with Crippen LogP contribution in [0.1, 0.15) is 28.6 Å². The van der Waals surface area contributed by atoms with Gasteiger partial charge in [-0.25, -0.2) is 0 Å². The molecule has 0 atom stereocenters. The lowest BCUT2D eigenvalue weighted by molar-refractivity contribution is 0.103. The van der Waals surface area contributed by atoms with Crippen molar-refractivity contribution in [3.05, 3.63) is 107 Å². The molecule has 1 aliphatic rings. The van der Waals surface area contributed by atoms with Gasteiger partial charge in [0.25, 0.3) is 0 Å². The molecule has 7 nitrogen and oxygen atoms in total. The fourth-order valence-electron chi connectivity index (χ4n) is 4.66. The summed E-state index contributed by atoms with van der Waals surface area (Å²) in [7, 11) is 0. The van der Waals surface area contributed by atoms with Crippen LogP contribution in [0.3, 0.4) is 0 Å². The van der Waals surface area contributed by atoms with Crippen molar-refractivity contribution in [3.8, 4) is 0 Å². The predicted molar refractivity (Wildman–Crippen MR) is 140 cm³/mol. The van der Waals surface area contributed by atoms with Gasteiger partial charge >= 0.3 is 0 Å². The molecule has 3 aromatic carbocycles. The average molecular weight is 466 g/mol. The van der Waals surface area contributed by atoms with E-state index in [0.717, 1.165) is 37.4 Å². The molecule has 1 saturated heterocycles. The van der Waals surface area contributed by atoms with Gasteiger partial charge < -0.3 is 11.1 Å². The molecule has 0 unspecified atom stereocenters. The minimum Gasteiger partial charge on any atom is -0.368 e. The maximum absolute atomic E-state index is 6.02. The van der Waals surface area contributed by atoms with E-state index in [1.165, 1.54) is 11.1 Å². The lowest BCUT2D eigenvalue weighted by Gasteiger charge is -2.39. The summed E-state index contributed by atoms with van der Waals surface area (Å²) in [6, 6.07) is 29.8. The smallest absolute Gasteiger partial charge is 0.232 e. The number of piperazine rings is 1. The molecule has 0 spiro atoms. The zero-order valence-electron chi connectivity index (χ0n) is 20.0. The molecule has 0 saturated carbocycles. The van der Waals surface area contributed by atoms with Crippen molar-refractivity contribution in [2.75, 3.05) is 37.2 Å². The quantitative estimate of drug-likeness (QED) is 0.418. The average Bonchev–Trinajstić information content (AvgIpc) is 2.88. The fraction of sp³-hybridized carbons (Fsp3) is 0.250. The van der Waals surface area contributed by atoms with Crippen LogP contribution in [0.5, 0.6) is 0 Å². The number of anilines is 3. The number of hydrogen-bond acceptors (Lipinski definition) is 7. The lowest BCUT2D eigenvalue weighted by atomic mass is 9.96. The zero-order valence-corrected chi connectivity index (χ0v) is 20.0.